The van der Waals surface area contributed by atoms with Crippen LogP contribution in [0, 0.1) is 5.41 Å². The van der Waals surface area contributed by atoms with Crippen LogP contribution in [-0.2, 0) is 28.9 Å². The number of amides is 1. The molecule has 2 aromatic rings. The van der Waals surface area contributed by atoms with Gasteiger partial charge in [-0.3, -0.25) is 9.48 Å². The van der Waals surface area contributed by atoms with Gasteiger partial charge >= 0.3 is 5.97 Å². The van der Waals surface area contributed by atoms with Crippen LogP contribution in [0.5, 0.6) is 0 Å². The molecule has 7 nitrogen and oxygen atoms in total. The molecule has 0 atom stereocenters. The minimum atomic E-state index is -0.370. The molecule has 31 heavy (non-hydrogen) atoms. The van der Waals surface area contributed by atoms with E-state index in [1.165, 1.54) is 0 Å². The van der Waals surface area contributed by atoms with Crippen molar-refractivity contribution in [2.45, 2.75) is 45.6 Å². The summed E-state index contributed by atoms with van der Waals surface area (Å²) in [7, 11) is 0. The number of halogens is 1. The van der Waals surface area contributed by atoms with E-state index in [4.69, 9.17) is 26.2 Å². The highest BCUT2D eigenvalue weighted by molar-refractivity contribution is 6.30. The van der Waals surface area contributed by atoms with Crippen molar-refractivity contribution in [3.63, 3.8) is 0 Å². The van der Waals surface area contributed by atoms with E-state index in [2.05, 4.69) is 5.32 Å². The first-order valence-corrected chi connectivity index (χ1v) is 11.3. The van der Waals surface area contributed by atoms with Gasteiger partial charge in [-0.2, -0.15) is 5.10 Å². The zero-order chi connectivity index (χ0) is 21.8. The summed E-state index contributed by atoms with van der Waals surface area (Å²) in [4.78, 5) is 25.0. The molecule has 2 aliphatic heterocycles. The van der Waals surface area contributed by atoms with Gasteiger partial charge in [0.2, 0.25) is 0 Å². The molecule has 0 unspecified atom stereocenters. The molecule has 1 fully saturated rings. The van der Waals surface area contributed by atoms with Gasteiger partial charge < -0.3 is 14.8 Å². The highest BCUT2D eigenvalue weighted by atomic mass is 35.5. The van der Waals surface area contributed by atoms with Crippen LogP contribution in [0.2, 0.25) is 5.02 Å². The molecule has 4 rings (SSSR count). The smallest absolute Gasteiger partial charge is 0.338 e. The zero-order valence-electron chi connectivity index (χ0n) is 17.8. The Labute approximate surface area is 187 Å². The summed E-state index contributed by atoms with van der Waals surface area (Å²) in [6, 6.07) is 6.64. The van der Waals surface area contributed by atoms with Gasteiger partial charge in [-0.15, -0.1) is 0 Å². The van der Waals surface area contributed by atoms with Gasteiger partial charge in [-0.05, 0) is 55.4 Å². The number of nitrogens with zero attached hydrogens (tertiary/aromatic N) is 2. The molecule has 1 aromatic heterocycles. The molecule has 1 saturated heterocycles. The summed E-state index contributed by atoms with van der Waals surface area (Å²) < 4.78 is 12.9. The summed E-state index contributed by atoms with van der Waals surface area (Å²) in [6.07, 6.45) is 3.98. The third-order valence-corrected chi connectivity index (χ3v) is 6.49. The number of carbonyl (C=O) groups excluding carboxylic acids is 2. The summed E-state index contributed by atoms with van der Waals surface area (Å²) in [5, 5.41) is 8.44. The average molecular weight is 446 g/mol. The molecule has 1 N–H and O–H groups in total. The monoisotopic (exact) mass is 445 g/mol. The number of aryl methyl sites for hydroxylation is 2. The minimum Gasteiger partial charge on any atom is -0.462 e. The van der Waals surface area contributed by atoms with E-state index in [1.54, 1.807) is 24.3 Å². The lowest BCUT2D eigenvalue weighted by molar-refractivity contribution is 0.0152. The number of aromatic nitrogens is 2. The second-order valence-corrected chi connectivity index (χ2v) is 8.75. The Hall–Kier alpha value is -2.38. The zero-order valence-corrected chi connectivity index (χ0v) is 18.5. The van der Waals surface area contributed by atoms with Gasteiger partial charge in [0.1, 0.15) is 0 Å². The van der Waals surface area contributed by atoms with E-state index in [0.29, 0.717) is 36.5 Å². The predicted molar refractivity (Wildman–Crippen MR) is 116 cm³/mol. The fraction of sp³-hybridized carbons (Fsp3) is 0.522. The van der Waals surface area contributed by atoms with Gasteiger partial charge in [0.05, 0.1) is 29.1 Å². The number of hydrogen-bond acceptors (Lipinski definition) is 5. The Balaban J connectivity index is 1.44. The van der Waals surface area contributed by atoms with Crippen molar-refractivity contribution in [2.75, 3.05) is 26.4 Å². The first kappa shape index (κ1) is 21.8. The van der Waals surface area contributed by atoms with Crippen LogP contribution in [-0.4, -0.2) is 48.0 Å². The molecule has 0 bridgehead atoms. The molecule has 0 saturated carbocycles. The van der Waals surface area contributed by atoms with Crippen LogP contribution >= 0.6 is 11.6 Å². The first-order valence-electron chi connectivity index (χ1n) is 10.9. The van der Waals surface area contributed by atoms with E-state index in [1.807, 2.05) is 11.6 Å². The fourth-order valence-electron chi connectivity index (χ4n) is 4.41. The van der Waals surface area contributed by atoms with E-state index in [-0.39, 0.29) is 23.9 Å². The Kier molecular flexibility index (Phi) is 6.62. The number of carbonyl (C=O) groups is 2. The summed E-state index contributed by atoms with van der Waals surface area (Å²) >= 11 is 5.86. The Bertz CT molecular complexity index is 948. The molecular weight excluding hydrogens is 418 g/mol. The quantitative estimate of drug-likeness (QED) is 0.544. The third kappa shape index (κ3) is 4.77. The molecular formula is C23H28ClN3O4. The summed E-state index contributed by atoms with van der Waals surface area (Å²) in [5.74, 6) is -0.402. The highest BCUT2D eigenvalue weighted by Gasteiger charge is 2.39. The van der Waals surface area contributed by atoms with Gasteiger partial charge in [-0.1, -0.05) is 18.5 Å². The molecule has 1 amide bonds. The Morgan fingerprint density at radius 1 is 1.29 bits per heavy atom. The van der Waals surface area contributed by atoms with Crippen molar-refractivity contribution in [1.82, 2.24) is 15.1 Å². The molecule has 0 aliphatic carbocycles. The van der Waals surface area contributed by atoms with Crippen LogP contribution in [0.4, 0.5) is 0 Å². The van der Waals surface area contributed by atoms with Gasteiger partial charge in [0.15, 0.2) is 0 Å². The maximum atomic E-state index is 12.9. The standard InChI is InChI=1S/C23H28ClN3O4/c1-2-18-20-19(14-23(15-25-21(20)28)8-12-30-13-9-23)27(26-18)10-3-11-31-22(29)16-4-6-17(24)7-5-16/h4-7H,2-3,8-15H2,1H3,(H,25,28). The first-order chi connectivity index (χ1) is 15.0. The third-order valence-electron chi connectivity index (χ3n) is 6.24. The molecule has 0 radical (unpaired) electrons. The largest absolute Gasteiger partial charge is 0.462 e. The predicted octanol–water partition coefficient (Wildman–Crippen LogP) is 3.43. The number of rotatable bonds is 6. The van der Waals surface area contributed by atoms with Crippen LogP contribution in [0.15, 0.2) is 24.3 Å². The second-order valence-electron chi connectivity index (χ2n) is 8.31. The number of fused-ring (bicyclic) bond motifs is 1. The van der Waals surface area contributed by atoms with Crippen molar-refractivity contribution in [3.05, 3.63) is 51.8 Å². The van der Waals surface area contributed by atoms with Gasteiger partial charge in [0.25, 0.3) is 5.91 Å². The van der Waals surface area contributed by atoms with Crippen molar-refractivity contribution in [1.29, 1.82) is 0 Å². The molecule has 1 spiro atoms. The molecule has 8 heteroatoms. The Morgan fingerprint density at radius 3 is 2.74 bits per heavy atom. The van der Waals surface area contributed by atoms with E-state index < -0.39 is 0 Å². The lowest BCUT2D eigenvalue weighted by Gasteiger charge is -2.36. The minimum absolute atomic E-state index is 0.0169. The number of nitrogens with one attached hydrogen (secondary N) is 1. The molecule has 2 aliphatic rings. The number of ether oxygens (including phenoxy) is 2. The maximum absolute atomic E-state index is 12.9. The lowest BCUT2D eigenvalue weighted by Crippen LogP contribution is -2.40. The maximum Gasteiger partial charge on any atom is 0.338 e. The van der Waals surface area contributed by atoms with Gasteiger partial charge in [0, 0.05) is 37.7 Å². The summed E-state index contributed by atoms with van der Waals surface area (Å²) in [5.41, 5.74) is 3.04. The van der Waals surface area contributed by atoms with Crippen LogP contribution in [0.25, 0.3) is 0 Å². The Morgan fingerprint density at radius 2 is 2.03 bits per heavy atom. The van der Waals surface area contributed by atoms with E-state index in [9.17, 15) is 9.59 Å². The fourth-order valence-corrected chi connectivity index (χ4v) is 4.53. The van der Waals surface area contributed by atoms with E-state index >= 15 is 0 Å². The van der Waals surface area contributed by atoms with Gasteiger partial charge in [-0.25, -0.2) is 4.79 Å². The molecule has 3 heterocycles. The number of esters is 1. The topological polar surface area (TPSA) is 82.5 Å². The number of hydrogen-bond donors (Lipinski definition) is 1. The van der Waals surface area contributed by atoms with Crippen LogP contribution in [0.3, 0.4) is 0 Å². The molecule has 166 valence electrons. The highest BCUT2D eigenvalue weighted by Crippen LogP contribution is 2.37. The molecule has 1 aromatic carbocycles. The van der Waals surface area contributed by atoms with Crippen LogP contribution < -0.4 is 5.32 Å². The van der Waals surface area contributed by atoms with Crippen molar-refractivity contribution < 1.29 is 19.1 Å². The summed E-state index contributed by atoms with van der Waals surface area (Å²) in [6.45, 7) is 5.01. The second kappa shape index (κ2) is 9.40. The average Bonchev–Trinajstić information content (AvgIpc) is 3.06. The lowest BCUT2D eigenvalue weighted by atomic mass is 9.76. The van der Waals surface area contributed by atoms with Crippen molar-refractivity contribution in [3.8, 4) is 0 Å². The van der Waals surface area contributed by atoms with E-state index in [0.717, 1.165) is 49.4 Å². The SMILES string of the molecule is CCc1nn(CCCOC(=O)c2ccc(Cl)cc2)c2c1C(=O)NCC1(CCOCC1)C2. The van der Waals surface area contributed by atoms with Crippen LogP contribution in [0.1, 0.15) is 58.3 Å². The van der Waals surface area contributed by atoms with Crippen molar-refractivity contribution in [2.24, 2.45) is 5.41 Å². The van der Waals surface area contributed by atoms with Crippen molar-refractivity contribution >= 4 is 23.5 Å². The normalized spacial score (nSPS) is 17.7. The number of benzene rings is 1.